The van der Waals surface area contributed by atoms with Crippen molar-refractivity contribution in [3.63, 3.8) is 0 Å². The van der Waals surface area contributed by atoms with Crippen molar-refractivity contribution in [1.82, 2.24) is 0 Å². The fraction of sp³-hybridized carbons (Fsp3) is 0.424. The Labute approximate surface area is 237 Å². The van der Waals surface area contributed by atoms with Crippen molar-refractivity contribution in [3.8, 4) is 22.6 Å². The van der Waals surface area contributed by atoms with E-state index < -0.39 is 9.84 Å². The number of methoxy groups -OCH3 is 1. The molecule has 3 aromatic carbocycles. The van der Waals surface area contributed by atoms with Gasteiger partial charge in [0.05, 0.1) is 31.6 Å². The molecule has 7 heteroatoms. The summed E-state index contributed by atoms with van der Waals surface area (Å²) in [5, 5.41) is 0. The Morgan fingerprint density at radius 1 is 0.875 bits per heavy atom. The molecule has 0 aromatic heterocycles. The molecule has 0 saturated carbocycles. The number of fused-ring (bicyclic) bond motifs is 3. The molecule has 6 nitrogen and oxygen atoms in total. The number of sulfone groups is 1. The first-order valence-electron chi connectivity index (χ1n) is 14.2. The molecule has 1 saturated heterocycles. The van der Waals surface area contributed by atoms with Gasteiger partial charge in [-0.2, -0.15) is 0 Å². The van der Waals surface area contributed by atoms with Crippen LogP contribution in [0.4, 0.5) is 0 Å². The molecule has 2 aliphatic rings. The summed E-state index contributed by atoms with van der Waals surface area (Å²) in [4.78, 5) is 11.6. The van der Waals surface area contributed by atoms with E-state index in [1.165, 1.54) is 29.4 Å². The van der Waals surface area contributed by atoms with E-state index in [1.54, 1.807) is 0 Å². The highest BCUT2D eigenvalue weighted by Crippen LogP contribution is 2.36. The summed E-state index contributed by atoms with van der Waals surface area (Å²) in [6, 6.07) is 20.9. The molecule has 1 aliphatic heterocycles. The molecular formula is C33H38O6S. The minimum atomic E-state index is -2.86. The highest BCUT2D eigenvalue weighted by atomic mass is 32.2. The topological polar surface area (TPSA) is 78.9 Å². The lowest BCUT2D eigenvalue weighted by atomic mass is 9.95. The highest BCUT2D eigenvalue weighted by Gasteiger charge is 2.24. The number of rotatable bonds is 9. The molecule has 3 aromatic rings. The maximum atomic E-state index is 11.7. The van der Waals surface area contributed by atoms with Crippen LogP contribution in [0.3, 0.4) is 0 Å². The van der Waals surface area contributed by atoms with Crippen molar-refractivity contribution >= 4 is 15.8 Å². The zero-order valence-corrected chi connectivity index (χ0v) is 24.2. The van der Waals surface area contributed by atoms with Gasteiger partial charge in [-0.15, -0.1) is 0 Å². The van der Waals surface area contributed by atoms with Crippen LogP contribution in [0.15, 0.2) is 60.7 Å². The molecule has 40 heavy (non-hydrogen) atoms. The third-order valence-corrected chi connectivity index (χ3v) is 9.86. The molecular weight excluding hydrogens is 524 g/mol. The van der Waals surface area contributed by atoms with Gasteiger partial charge >= 0.3 is 5.97 Å². The summed E-state index contributed by atoms with van der Waals surface area (Å²) in [5.41, 5.74) is 7.33. The number of aryl methyl sites for hydroxylation is 2. The van der Waals surface area contributed by atoms with Crippen LogP contribution in [0.25, 0.3) is 11.1 Å². The van der Waals surface area contributed by atoms with Gasteiger partial charge in [-0.1, -0.05) is 37.3 Å². The number of carbonyl (C=O) groups is 1. The summed E-state index contributed by atoms with van der Waals surface area (Å²) in [6.07, 6.45) is 4.83. The van der Waals surface area contributed by atoms with Gasteiger partial charge in [-0.25, -0.2) is 8.42 Å². The number of benzene rings is 3. The minimum Gasteiger partial charge on any atom is -0.493 e. The van der Waals surface area contributed by atoms with Gasteiger partial charge in [0, 0.05) is 0 Å². The van der Waals surface area contributed by atoms with E-state index in [4.69, 9.17) is 14.2 Å². The van der Waals surface area contributed by atoms with Gasteiger partial charge < -0.3 is 14.2 Å². The molecule has 1 heterocycles. The predicted molar refractivity (Wildman–Crippen MR) is 157 cm³/mol. The summed E-state index contributed by atoms with van der Waals surface area (Å²) in [6.45, 7) is 3.05. The minimum absolute atomic E-state index is 0.0862. The number of hydrogen-bond donors (Lipinski definition) is 0. The Morgan fingerprint density at radius 2 is 1.60 bits per heavy atom. The highest BCUT2D eigenvalue weighted by molar-refractivity contribution is 7.91. The summed E-state index contributed by atoms with van der Waals surface area (Å²) < 4.78 is 40.4. The zero-order valence-electron chi connectivity index (χ0n) is 23.4. The smallest absolute Gasteiger partial charge is 0.306 e. The van der Waals surface area contributed by atoms with Crippen molar-refractivity contribution in [2.24, 2.45) is 5.92 Å². The third kappa shape index (κ3) is 7.05. The molecule has 0 bridgehead atoms. The monoisotopic (exact) mass is 562 g/mol. The first-order valence-corrected chi connectivity index (χ1v) is 16.0. The molecule has 1 aliphatic carbocycles. The van der Waals surface area contributed by atoms with E-state index in [0.717, 1.165) is 41.9 Å². The number of ether oxygens (including phenoxy) is 3. The third-order valence-electron chi connectivity index (χ3n) is 8.15. The average molecular weight is 563 g/mol. The Kier molecular flexibility index (Phi) is 8.79. The van der Waals surface area contributed by atoms with E-state index in [9.17, 15) is 13.2 Å². The molecule has 0 N–H and O–H groups in total. The summed E-state index contributed by atoms with van der Waals surface area (Å²) in [5.74, 6) is 2.38. The average Bonchev–Trinajstić information content (AvgIpc) is 3.14. The second kappa shape index (κ2) is 12.5. The molecule has 5 rings (SSSR count). The van der Waals surface area contributed by atoms with Crippen molar-refractivity contribution in [1.29, 1.82) is 0 Å². The molecule has 0 radical (unpaired) electrons. The van der Waals surface area contributed by atoms with E-state index in [1.807, 2.05) is 37.3 Å². The number of esters is 1. The second-order valence-electron chi connectivity index (χ2n) is 11.1. The first kappa shape index (κ1) is 28.2. The second-order valence-corrected chi connectivity index (χ2v) is 13.4. The van der Waals surface area contributed by atoms with Crippen LogP contribution in [-0.2, 0) is 38.8 Å². The fourth-order valence-corrected chi connectivity index (χ4v) is 7.20. The summed E-state index contributed by atoms with van der Waals surface area (Å²) in [7, 11) is -1.44. The normalized spacial score (nSPS) is 17.1. The van der Waals surface area contributed by atoms with Gasteiger partial charge in [0.1, 0.15) is 27.9 Å². The van der Waals surface area contributed by atoms with Crippen molar-refractivity contribution in [2.45, 2.75) is 58.0 Å². The lowest BCUT2D eigenvalue weighted by molar-refractivity contribution is -0.140. The Bertz CT molecular complexity index is 1430. The fourth-order valence-electron chi connectivity index (χ4n) is 5.61. The SMILES string of the molecule is COC(=O)C[C@H](C)c1ccc(OCc2ccc3c(c2)-c2ccc(OCC4CCS(=O)(=O)CC4)cc2CCC3)cc1. The van der Waals surface area contributed by atoms with Crippen molar-refractivity contribution in [2.75, 3.05) is 25.2 Å². The van der Waals surface area contributed by atoms with E-state index in [0.29, 0.717) is 38.4 Å². The van der Waals surface area contributed by atoms with Crippen LogP contribution in [0, 0.1) is 5.92 Å². The maximum absolute atomic E-state index is 11.7. The first-order chi connectivity index (χ1) is 19.3. The number of carbonyl (C=O) groups excluding carboxylic acids is 1. The van der Waals surface area contributed by atoms with E-state index in [-0.39, 0.29) is 23.4 Å². The molecule has 0 unspecified atom stereocenters. The van der Waals surface area contributed by atoms with E-state index >= 15 is 0 Å². The molecule has 1 atom stereocenters. The van der Waals surface area contributed by atoms with Crippen LogP contribution in [-0.4, -0.2) is 39.6 Å². The number of hydrogen-bond acceptors (Lipinski definition) is 6. The lowest BCUT2D eigenvalue weighted by Gasteiger charge is -2.22. The molecule has 212 valence electrons. The Balaban J connectivity index is 1.23. The lowest BCUT2D eigenvalue weighted by Crippen LogP contribution is -2.26. The van der Waals surface area contributed by atoms with Crippen molar-refractivity contribution in [3.05, 3.63) is 82.9 Å². The van der Waals surface area contributed by atoms with Crippen LogP contribution >= 0.6 is 0 Å². The molecule has 0 amide bonds. The van der Waals surface area contributed by atoms with Gasteiger partial charge in [-0.05, 0) is 108 Å². The van der Waals surface area contributed by atoms with Crippen LogP contribution in [0.2, 0.25) is 0 Å². The largest absolute Gasteiger partial charge is 0.493 e. The van der Waals surface area contributed by atoms with Gasteiger partial charge in [-0.3, -0.25) is 4.79 Å². The van der Waals surface area contributed by atoms with Crippen molar-refractivity contribution < 1.29 is 27.4 Å². The maximum Gasteiger partial charge on any atom is 0.306 e. The quantitative estimate of drug-likeness (QED) is 0.285. The van der Waals surface area contributed by atoms with Gasteiger partial charge in [0.25, 0.3) is 0 Å². The predicted octanol–water partition coefficient (Wildman–Crippen LogP) is 6.29. The summed E-state index contributed by atoms with van der Waals surface area (Å²) >= 11 is 0. The van der Waals surface area contributed by atoms with Crippen LogP contribution in [0.1, 0.15) is 60.8 Å². The zero-order chi connectivity index (χ0) is 28.1. The van der Waals surface area contributed by atoms with E-state index in [2.05, 4.69) is 30.3 Å². The van der Waals surface area contributed by atoms with Gasteiger partial charge in [0.2, 0.25) is 0 Å². The molecule has 0 spiro atoms. The Morgan fingerprint density at radius 3 is 2.35 bits per heavy atom. The van der Waals surface area contributed by atoms with Gasteiger partial charge in [0.15, 0.2) is 0 Å². The Hall–Kier alpha value is -3.32. The molecule has 1 fully saturated rings. The van der Waals surface area contributed by atoms with Crippen LogP contribution in [0.5, 0.6) is 11.5 Å². The van der Waals surface area contributed by atoms with Crippen LogP contribution < -0.4 is 9.47 Å². The standard InChI is InChI=1S/C33H38O6S/c1-23(18-33(34)37-2)26-8-10-29(11-9-26)38-22-25-6-7-27-4-3-5-28-20-30(12-13-31(28)32(27)19-25)39-21-24-14-16-40(35,36)17-15-24/h6-13,19-20,23-24H,3-5,14-18,21-22H2,1-2H3/t23-/m0/s1.